The average Bonchev–Trinajstić information content (AvgIpc) is 3.35. The Kier molecular flexibility index (Phi) is 5.23. The number of carbonyl (C=O) groups is 3. The molecule has 0 spiro atoms. The van der Waals surface area contributed by atoms with Gasteiger partial charge >= 0.3 is 6.03 Å². The fourth-order valence-corrected chi connectivity index (χ4v) is 3.43. The number of aromatic amines is 1. The van der Waals surface area contributed by atoms with Crippen LogP contribution in [0.5, 0.6) is 0 Å². The largest absolute Gasteiger partial charge is 0.361 e. The number of carbonyl (C=O) groups excluding carboxylic acids is 3. The van der Waals surface area contributed by atoms with E-state index in [2.05, 4.69) is 25.9 Å². The lowest BCUT2D eigenvalue weighted by Gasteiger charge is -2.07. The van der Waals surface area contributed by atoms with Gasteiger partial charge in [-0.15, -0.1) is 0 Å². The van der Waals surface area contributed by atoms with Crippen molar-refractivity contribution < 1.29 is 14.4 Å². The maximum atomic E-state index is 12.6. The van der Waals surface area contributed by atoms with E-state index in [9.17, 15) is 14.4 Å². The average molecular weight is 416 g/mol. The minimum Gasteiger partial charge on any atom is -0.361 e. The van der Waals surface area contributed by atoms with Crippen molar-refractivity contribution in [2.45, 2.75) is 13.5 Å². The fraction of sp³-hybridized carbons (Fsp3) is 0.0909. The van der Waals surface area contributed by atoms with Crippen molar-refractivity contribution in [3.63, 3.8) is 0 Å². The first-order valence-electron chi connectivity index (χ1n) is 9.51. The van der Waals surface area contributed by atoms with Gasteiger partial charge in [-0.1, -0.05) is 0 Å². The van der Waals surface area contributed by atoms with Crippen molar-refractivity contribution in [3.05, 3.63) is 77.4 Å². The maximum Gasteiger partial charge on any atom is 0.316 e. The normalized spacial score (nSPS) is 13.9. The van der Waals surface area contributed by atoms with Gasteiger partial charge in [-0.3, -0.25) is 14.6 Å². The summed E-state index contributed by atoms with van der Waals surface area (Å²) in [6.07, 6.45) is 4.89. The second-order valence-corrected chi connectivity index (χ2v) is 7.05. The summed E-state index contributed by atoms with van der Waals surface area (Å²) in [5, 5.41) is 8.19. The highest BCUT2D eigenvalue weighted by Gasteiger charge is 2.27. The van der Waals surface area contributed by atoms with Crippen LogP contribution in [0.4, 0.5) is 16.2 Å². The smallest absolute Gasteiger partial charge is 0.316 e. The van der Waals surface area contributed by atoms with Crippen LogP contribution in [-0.4, -0.2) is 27.8 Å². The van der Waals surface area contributed by atoms with Gasteiger partial charge in [-0.25, -0.2) is 4.79 Å². The molecule has 3 heterocycles. The van der Waals surface area contributed by atoms with Crippen LogP contribution in [0.3, 0.4) is 0 Å². The first-order chi connectivity index (χ1) is 14.9. The van der Waals surface area contributed by atoms with E-state index in [1.165, 1.54) is 6.20 Å². The molecule has 1 aliphatic rings. The molecule has 4 rings (SSSR count). The molecular formula is C22H20N6O3. The number of benzene rings is 1. The molecule has 0 radical (unpaired) electrons. The lowest BCUT2D eigenvalue weighted by Crippen LogP contribution is -2.22. The van der Waals surface area contributed by atoms with E-state index >= 15 is 0 Å². The summed E-state index contributed by atoms with van der Waals surface area (Å²) >= 11 is 0. The zero-order chi connectivity index (χ0) is 22.0. The number of primary amides is 1. The van der Waals surface area contributed by atoms with Gasteiger partial charge in [0.2, 0.25) is 0 Å². The van der Waals surface area contributed by atoms with Crippen molar-refractivity contribution >= 4 is 40.4 Å². The van der Waals surface area contributed by atoms with Gasteiger partial charge in [0, 0.05) is 47.8 Å². The molecular weight excluding hydrogens is 396 g/mol. The van der Waals surface area contributed by atoms with Crippen LogP contribution in [-0.2, 0) is 11.3 Å². The number of amides is 4. The Balaban J connectivity index is 1.56. The van der Waals surface area contributed by atoms with Crippen LogP contribution in [0.2, 0.25) is 0 Å². The molecule has 3 aromatic rings. The second kappa shape index (κ2) is 8.15. The van der Waals surface area contributed by atoms with E-state index in [0.29, 0.717) is 34.6 Å². The molecule has 0 atom stereocenters. The number of nitrogens with two attached hydrogens (primary N) is 1. The van der Waals surface area contributed by atoms with E-state index in [0.717, 1.165) is 16.8 Å². The van der Waals surface area contributed by atoms with Gasteiger partial charge < -0.3 is 26.7 Å². The Morgan fingerprint density at radius 1 is 1.19 bits per heavy atom. The lowest BCUT2D eigenvalue weighted by molar-refractivity contribution is -0.110. The number of hydrogen-bond donors (Lipinski definition) is 5. The number of rotatable bonds is 5. The predicted molar refractivity (Wildman–Crippen MR) is 117 cm³/mol. The Morgan fingerprint density at radius 3 is 2.77 bits per heavy atom. The molecule has 4 amide bonds. The molecule has 1 aliphatic heterocycles. The Morgan fingerprint density at radius 2 is 2.03 bits per heavy atom. The molecule has 0 unspecified atom stereocenters. The van der Waals surface area contributed by atoms with Crippen LogP contribution in [0.15, 0.2) is 55.0 Å². The number of pyridine rings is 1. The Hall–Kier alpha value is -4.40. The molecule has 0 bridgehead atoms. The fourth-order valence-electron chi connectivity index (χ4n) is 3.43. The quantitative estimate of drug-likeness (QED) is 0.408. The predicted octanol–water partition coefficient (Wildman–Crippen LogP) is 2.71. The summed E-state index contributed by atoms with van der Waals surface area (Å²) in [5.41, 5.74) is 10.3. The molecule has 156 valence electrons. The second-order valence-electron chi connectivity index (χ2n) is 7.05. The Bertz CT molecular complexity index is 1210. The van der Waals surface area contributed by atoms with Crippen molar-refractivity contribution in [1.82, 2.24) is 15.3 Å². The topological polar surface area (TPSA) is 142 Å². The number of H-pyrrole nitrogens is 1. The van der Waals surface area contributed by atoms with Gasteiger partial charge in [0.1, 0.15) is 0 Å². The number of anilines is 2. The first kappa shape index (κ1) is 19.9. The third-order valence-corrected chi connectivity index (χ3v) is 4.93. The third kappa shape index (κ3) is 4.15. The summed E-state index contributed by atoms with van der Waals surface area (Å²) in [5.74, 6) is -0.450. The Labute approximate surface area is 177 Å². The maximum absolute atomic E-state index is 12.6. The highest BCUT2D eigenvalue weighted by molar-refractivity contribution is 6.36. The number of urea groups is 1. The number of hydrogen-bond acceptors (Lipinski definition) is 4. The highest BCUT2D eigenvalue weighted by Crippen LogP contribution is 2.38. The summed E-state index contributed by atoms with van der Waals surface area (Å²) < 4.78 is 0. The molecule has 9 heteroatoms. The van der Waals surface area contributed by atoms with Gasteiger partial charge in [-0.2, -0.15) is 0 Å². The SMILES string of the molecule is CC(=C1C(=O)Nc2ccc(NC(N)=O)cc21)c1cc(CNC(=O)c2cccnc2)c[nH]1. The molecule has 2 aromatic heterocycles. The van der Waals surface area contributed by atoms with Crippen molar-refractivity contribution in [1.29, 1.82) is 0 Å². The molecule has 0 fully saturated rings. The van der Waals surface area contributed by atoms with Crippen molar-refractivity contribution in [2.24, 2.45) is 5.73 Å². The number of nitrogens with one attached hydrogen (secondary N) is 4. The zero-order valence-electron chi connectivity index (χ0n) is 16.7. The zero-order valence-corrected chi connectivity index (χ0v) is 16.7. The molecule has 9 nitrogen and oxygen atoms in total. The minimum absolute atomic E-state index is 0.218. The molecule has 0 saturated heterocycles. The third-order valence-electron chi connectivity index (χ3n) is 4.93. The number of fused-ring (bicyclic) bond motifs is 1. The summed E-state index contributed by atoms with van der Waals surface area (Å²) in [6, 6.07) is 9.68. The number of allylic oxidation sites excluding steroid dienone is 1. The van der Waals surface area contributed by atoms with E-state index < -0.39 is 6.03 Å². The van der Waals surface area contributed by atoms with Gasteiger partial charge in [0.25, 0.3) is 11.8 Å². The van der Waals surface area contributed by atoms with Gasteiger partial charge in [-0.05, 0) is 54.5 Å². The molecule has 0 saturated carbocycles. The van der Waals surface area contributed by atoms with Gasteiger partial charge in [0.15, 0.2) is 0 Å². The van der Waals surface area contributed by atoms with Crippen LogP contribution in [0, 0.1) is 0 Å². The van der Waals surface area contributed by atoms with E-state index in [1.807, 2.05) is 13.0 Å². The van der Waals surface area contributed by atoms with Crippen LogP contribution >= 0.6 is 0 Å². The molecule has 1 aromatic carbocycles. The van der Waals surface area contributed by atoms with Crippen LogP contribution in [0.1, 0.15) is 34.1 Å². The summed E-state index contributed by atoms with van der Waals surface area (Å²) in [4.78, 5) is 43.0. The summed E-state index contributed by atoms with van der Waals surface area (Å²) in [6.45, 7) is 2.16. The molecule has 31 heavy (non-hydrogen) atoms. The van der Waals surface area contributed by atoms with E-state index in [-0.39, 0.29) is 11.8 Å². The minimum atomic E-state index is -0.679. The van der Waals surface area contributed by atoms with E-state index in [1.54, 1.807) is 42.7 Å². The standard InChI is InChI=1S/C22H20N6O3/c1-12(19-16-8-15(27-22(23)31)4-5-17(16)28-21(19)30)18-7-13(9-25-18)10-26-20(29)14-3-2-6-24-11-14/h2-9,11,25H,10H2,1H3,(H,26,29)(H,28,30)(H3,23,27,31). The number of aromatic nitrogens is 2. The van der Waals surface area contributed by atoms with Crippen molar-refractivity contribution in [3.8, 4) is 0 Å². The lowest BCUT2D eigenvalue weighted by atomic mass is 9.99. The highest BCUT2D eigenvalue weighted by atomic mass is 16.2. The van der Waals surface area contributed by atoms with Gasteiger partial charge in [0.05, 0.1) is 11.1 Å². The molecule has 0 aliphatic carbocycles. The monoisotopic (exact) mass is 416 g/mol. The first-order valence-corrected chi connectivity index (χ1v) is 9.51. The van der Waals surface area contributed by atoms with Crippen LogP contribution in [0.25, 0.3) is 11.1 Å². The number of nitrogens with zero attached hydrogens (tertiary/aromatic N) is 1. The van der Waals surface area contributed by atoms with Crippen molar-refractivity contribution in [2.75, 3.05) is 10.6 Å². The van der Waals surface area contributed by atoms with E-state index in [4.69, 9.17) is 5.73 Å². The summed E-state index contributed by atoms with van der Waals surface area (Å²) in [7, 11) is 0. The molecule has 6 N–H and O–H groups in total. The van der Waals surface area contributed by atoms with Crippen LogP contribution < -0.4 is 21.7 Å².